The Hall–Kier alpha value is -1.79. The smallest absolute Gasteiger partial charge is 0.315 e. The average Bonchev–Trinajstić information content (AvgIpc) is 3.03. The first kappa shape index (κ1) is 14.3. The van der Waals surface area contributed by atoms with E-state index in [2.05, 4.69) is 10.6 Å². The first-order valence-corrected chi connectivity index (χ1v) is 5.85. The molecule has 1 rings (SSSR count). The molecule has 0 aromatic rings. The zero-order valence-electron chi connectivity index (χ0n) is 10.5. The number of primary amides is 1. The number of rotatable bonds is 6. The van der Waals surface area contributed by atoms with Crippen LogP contribution in [0, 0.1) is 11.3 Å². The van der Waals surface area contributed by atoms with Crippen LogP contribution in [0.2, 0.25) is 0 Å². The van der Waals surface area contributed by atoms with Gasteiger partial charge in [0.15, 0.2) is 0 Å². The summed E-state index contributed by atoms with van der Waals surface area (Å²) in [6.07, 6.45) is 1.12. The zero-order valence-corrected chi connectivity index (χ0v) is 10.5. The molecule has 7 heteroatoms. The number of carbonyl (C=O) groups is 3. The molecule has 1 fully saturated rings. The Bertz CT molecular complexity index is 363. The van der Waals surface area contributed by atoms with Gasteiger partial charge in [-0.25, -0.2) is 4.79 Å². The molecule has 0 aromatic heterocycles. The number of nitrogens with one attached hydrogen (secondary N) is 2. The normalized spacial score (nSPS) is 17.9. The Morgan fingerprint density at radius 3 is 2.22 bits per heavy atom. The van der Waals surface area contributed by atoms with Crippen LogP contribution in [0.25, 0.3) is 0 Å². The Labute approximate surface area is 105 Å². The first-order chi connectivity index (χ1) is 8.28. The fourth-order valence-corrected chi connectivity index (χ4v) is 1.63. The van der Waals surface area contributed by atoms with Gasteiger partial charge in [0.05, 0.1) is 5.41 Å². The molecular weight excluding hydrogens is 238 g/mol. The fourth-order valence-electron chi connectivity index (χ4n) is 1.63. The monoisotopic (exact) mass is 257 g/mol. The van der Waals surface area contributed by atoms with Crippen molar-refractivity contribution in [2.45, 2.75) is 32.7 Å². The van der Waals surface area contributed by atoms with E-state index >= 15 is 0 Å². The van der Waals surface area contributed by atoms with E-state index in [1.54, 1.807) is 13.8 Å². The van der Waals surface area contributed by atoms with Crippen LogP contribution in [0.4, 0.5) is 4.79 Å². The van der Waals surface area contributed by atoms with Crippen molar-refractivity contribution in [2.75, 3.05) is 6.54 Å². The number of aliphatic carboxylic acids is 1. The lowest BCUT2D eigenvalue weighted by molar-refractivity contribution is -0.143. The molecule has 1 saturated carbocycles. The minimum Gasteiger partial charge on any atom is -0.481 e. The second kappa shape index (κ2) is 5.24. The van der Waals surface area contributed by atoms with Crippen LogP contribution in [0.15, 0.2) is 0 Å². The van der Waals surface area contributed by atoms with Crippen molar-refractivity contribution in [3.8, 4) is 0 Å². The molecule has 0 saturated heterocycles. The molecule has 3 amide bonds. The second-order valence-electron chi connectivity index (χ2n) is 5.04. The molecule has 1 unspecified atom stereocenters. The summed E-state index contributed by atoms with van der Waals surface area (Å²) >= 11 is 0. The predicted molar refractivity (Wildman–Crippen MR) is 63.7 cm³/mol. The Kier molecular flexibility index (Phi) is 4.15. The summed E-state index contributed by atoms with van der Waals surface area (Å²) in [5.41, 5.74) is 4.33. The molecule has 5 N–H and O–H groups in total. The van der Waals surface area contributed by atoms with Crippen molar-refractivity contribution in [2.24, 2.45) is 17.1 Å². The van der Waals surface area contributed by atoms with Gasteiger partial charge in [0.1, 0.15) is 6.04 Å². The van der Waals surface area contributed by atoms with Gasteiger partial charge < -0.3 is 21.5 Å². The van der Waals surface area contributed by atoms with Gasteiger partial charge in [-0.3, -0.25) is 9.59 Å². The van der Waals surface area contributed by atoms with Crippen LogP contribution in [-0.4, -0.2) is 35.6 Å². The largest absolute Gasteiger partial charge is 0.481 e. The maximum absolute atomic E-state index is 11.5. The standard InChI is InChI=1S/C11H19N3O4/c1-6(2)7(8(12)15)14-10(18)13-5-11(3-4-11)9(16)17/h6-7H,3-5H2,1-2H3,(H2,12,15)(H,16,17)(H2,13,14,18). The van der Waals surface area contributed by atoms with Gasteiger partial charge in [-0.15, -0.1) is 0 Å². The lowest BCUT2D eigenvalue weighted by Crippen LogP contribution is -2.52. The number of carbonyl (C=O) groups excluding carboxylic acids is 2. The van der Waals surface area contributed by atoms with Crippen molar-refractivity contribution in [1.82, 2.24) is 10.6 Å². The summed E-state index contributed by atoms with van der Waals surface area (Å²) in [5.74, 6) is -1.64. The lowest BCUT2D eigenvalue weighted by atomic mass is 10.0. The summed E-state index contributed by atoms with van der Waals surface area (Å²) in [6.45, 7) is 3.59. The second-order valence-corrected chi connectivity index (χ2v) is 5.04. The van der Waals surface area contributed by atoms with Gasteiger partial charge in [-0.2, -0.15) is 0 Å². The maximum atomic E-state index is 11.5. The van der Waals surface area contributed by atoms with Gasteiger partial charge in [0.2, 0.25) is 5.91 Å². The zero-order chi connectivity index (χ0) is 13.9. The van der Waals surface area contributed by atoms with Crippen LogP contribution < -0.4 is 16.4 Å². The van der Waals surface area contributed by atoms with Crippen molar-refractivity contribution in [3.63, 3.8) is 0 Å². The number of carboxylic acid groups (broad SMARTS) is 1. The Morgan fingerprint density at radius 2 is 1.89 bits per heavy atom. The third-order valence-electron chi connectivity index (χ3n) is 3.15. The summed E-state index contributed by atoms with van der Waals surface area (Å²) in [4.78, 5) is 33.5. The highest BCUT2D eigenvalue weighted by atomic mass is 16.4. The third-order valence-corrected chi connectivity index (χ3v) is 3.15. The van der Waals surface area contributed by atoms with E-state index in [0.29, 0.717) is 12.8 Å². The van der Waals surface area contributed by atoms with Gasteiger partial charge in [-0.1, -0.05) is 13.8 Å². The van der Waals surface area contributed by atoms with E-state index in [4.69, 9.17) is 10.8 Å². The van der Waals surface area contributed by atoms with Crippen molar-refractivity contribution < 1.29 is 19.5 Å². The average molecular weight is 257 g/mol. The predicted octanol–water partition coefficient (Wildman–Crippen LogP) is -0.340. The molecule has 0 aliphatic heterocycles. The maximum Gasteiger partial charge on any atom is 0.315 e. The molecule has 1 atom stereocenters. The molecule has 0 heterocycles. The molecule has 18 heavy (non-hydrogen) atoms. The number of nitrogens with two attached hydrogens (primary N) is 1. The number of hydrogen-bond acceptors (Lipinski definition) is 3. The third kappa shape index (κ3) is 3.35. The first-order valence-electron chi connectivity index (χ1n) is 5.85. The summed E-state index contributed by atoms with van der Waals surface area (Å²) in [7, 11) is 0. The van der Waals surface area contributed by atoms with Crippen LogP contribution in [0.3, 0.4) is 0 Å². The SMILES string of the molecule is CC(C)C(NC(=O)NCC1(C(=O)O)CC1)C(N)=O. The minimum atomic E-state index is -0.905. The fraction of sp³-hybridized carbons (Fsp3) is 0.727. The summed E-state index contributed by atoms with van der Waals surface area (Å²) < 4.78 is 0. The molecule has 0 spiro atoms. The van der Waals surface area contributed by atoms with Gasteiger partial charge in [0.25, 0.3) is 0 Å². The summed E-state index contributed by atoms with van der Waals surface area (Å²) in [5, 5.41) is 13.8. The van der Waals surface area contributed by atoms with E-state index < -0.39 is 29.4 Å². The quantitative estimate of drug-likeness (QED) is 0.520. The van der Waals surface area contributed by atoms with Crippen molar-refractivity contribution >= 4 is 17.9 Å². The molecule has 0 radical (unpaired) electrons. The summed E-state index contributed by atoms with van der Waals surface area (Å²) in [6, 6.07) is -1.33. The van der Waals surface area contributed by atoms with Crippen molar-refractivity contribution in [1.29, 1.82) is 0 Å². The van der Waals surface area contributed by atoms with Gasteiger partial charge >= 0.3 is 12.0 Å². The van der Waals surface area contributed by atoms with Gasteiger partial charge in [0, 0.05) is 6.54 Å². The highest BCUT2D eigenvalue weighted by Crippen LogP contribution is 2.45. The minimum absolute atomic E-state index is 0.0672. The van der Waals surface area contributed by atoms with Crippen LogP contribution in [0.5, 0.6) is 0 Å². The van der Waals surface area contributed by atoms with Crippen LogP contribution >= 0.6 is 0 Å². The molecule has 7 nitrogen and oxygen atoms in total. The molecule has 102 valence electrons. The highest BCUT2D eigenvalue weighted by Gasteiger charge is 2.50. The molecule has 0 bridgehead atoms. The molecule has 0 aromatic carbocycles. The Morgan fingerprint density at radius 1 is 1.33 bits per heavy atom. The number of carboxylic acids is 1. The molecule has 1 aliphatic rings. The molecular formula is C11H19N3O4. The lowest BCUT2D eigenvalue weighted by Gasteiger charge is -2.20. The van der Waals surface area contributed by atoms with Crippen LogP contribution in [0.1, 0.15) is 26.7 Å². The van der Waals surface area contributed by atoms with E-state index in [-0.39, 0.29) is 12.5 Å². The topological polar surface area (TPSA) is 122 Å². The highest BCUT2D eigenvalue weighted by molar-refractivity contribution is 5.86. The number of urea groups is 1. The van der Waals surface area contributed by atoms with E-state index in [9.17, 15) is 14.4 Å². The van der Waals surface area contributed by atoms with Crippen LogP contribution in [-0.2, 0) is 9.59 Å². The van der Waals surface area contributed by atoms with Crippen molar-refractivity contribution in [3.05, 3.63) is 0 Å². The number of amides is 3. The van der Waals surface area contributed by atoms with E-state index in [1.807, 2.05) is 0 Å². The van der Waals surface area contributed by atoms with E-state index in [0.717, 1.165) is 0 Å². The molecule has 1 aliphatic carbocycles. The van der Waals surface area contributed by atoms with E-state index in [1.165, 1.54) is 0 Å². The number of hydrogen-bond donors (Lipinski definition) is 4. The van der Waals surface area contributed by atoms with Gasteiger partial charge in [-0.05, 0) is 18.8 Å². The Balaban J connectivity index is 2.42.